The molecule has 0 aromatic heterocycles. The molecule has 0 aliphatic carbocycles. The minimum Gasteiger partial charge on any atom is -0.329 e. The van der Waals surface area contributed by atoms with Crippen molar-refractivity contribution in [2.45, 2.75) is 43.5 Å². The molecule has 6 heteroatoms. The first-order valence-electron chi connectivity index (χ1n) is 6.00. The van der Waals surface area contributed by atoms with Crippen LogP contribution < -0.4 is 10.5 Å². The zero-order valence-electron chi connectivity index (χ0n) is 9.72. The maximum atomic E-state index is 11.9. The predicted molar refractivity (Wildman–Crippen MR) is 63.6 cm³/mol. The Morgan fingerprint density at radius 3 is 2.88 bits per heavy atom. The SMILES string of the molecule is CC(CN)S(=O)(=O)NC1CCN2CCCC12. The van der Waals surface area contributed by atoms with Gasteiger partial charge in [0.15, 0.2) is 0 Å². The molecular weight excluding hydrogens is 226 g/mol. The monoisotopic (exact) mass is 247 g/mol. The van der Waals surface area contributed by atoms with Gasteiger partial charge in [0.1, 0.15) is 0 Å². The molecule has 2 rings (SSSR count). The standard InChI is InChI=1S/C10H21N3O2S/c1-8(7-11)16(14,15)12-9-4-6-13-5-2-3-10(9)13/h8-10,12H,2-7,11H2,1H3. The number of sulfonamides is 1. The van der Waals surface area contributed by atoms with Crippen molar-refractivity contribution < 1.29 is 8.42 Å². The number of nitrogens with one attached hydrogen (secondary N) is 1. The Bertz CT molecular complexity index is 344. The summed E-state index contributed by atoms with van der Waals surface area (Å²) in [7, 11) is -3.23. The number of hydrogen-bond acceptors (Lipinski definition) is 4. The van der Waals surface area contributed by atoms with E-state index in [1.54, 1.807) is 6.92 Å². The summed E-state index contributed by atoms with van der Waals surface area (Å²) >= 11 is 0. The van der Waals surface area contributed by atoms with Gasteiger partial charge in [0.25, 0.3) is 0 Å². The van der Waals surface area contributed by atoms with Crippen molar-refractivity contribution in [1.29, 1.82) is 0 Å². The van der Waals surface area contributed by atoms with E-state index < -0.39 is 15.3 Å². The van der Waals surface area contributed by atoms with Crippen LogP contribution in [0, 0.1) is 0 Å². The molecule has 3 unspecified atom stereocenters. The Labute approximate surface area is 97.4 Å². The van der Waals surface area contributed by atoms with E-state index in [0.717, 1.165) is 25.9 Å². The Morgan fingerprint density at radius 1 is 1.44 bits per heavy atom. The minimum atomic E-state index is -3.23. The van der Waals surface area contributed by atoms with E-state index in [0.29, 0.717) is 6.04 Å². The molecule has 2 aliphatic rings. The predicted octanol–water partition coefficient (Wildman–Crippen LogP) is -0.510. The molecule has 2 aliphatic heterocycles. The Hall–Kier alpha value is -0.170. The maximum absolute atomic E-state index is 11.9. The van der Waals surface area contributed by atoms with Crippen molar-refractivity contribution in [3.8, 4) is 0 Å². The molecule has 0 bridgehead atoms. The van der Waals surface area contributed by atoms with Crippen LogP contribution in [0.1, 0.15) is 26.2 Å². The van der Waals surface area contributed by atoms with E-state index in [9.17, 15) is 8.42 Å². The molecule has 0 amide bonds. The summed E-state index contributed by atoms with van der Waals surface area (Å²) in [5.74, 6) is 0. The summed E-state index contributed by atoms with van der Waals surface area (Å²) < 4.78 is 26.6. The molecule has 2 saturated heterocycles. The van der Waals surface area contributed by atoms with Crippen LogP contribution in [0.15, 0.2) is 0 Å². The van der Waals surface area contributed by atoms with Gasteiger partial charge in [0.05, 0.1) is 5.25 Å². The van der Waals surface area contributed by atoms with E-state index >= 15 is 0 Å². The average Bonchev–Trinajstić information content (AvgIpc) is 2.81. The van der Waals surface area contributed by atoms with Crippen LogP contribution in [0.4, 0.5) is 0 Å². The lowest BCUT2D eigenvalue weighted by molar-refractivity contribution is 0.308. The third-order valence-corrected chi connectivity index (χ3v) is 5.67. The first-order chi connectivity index (χ1) is 7.54. The second kappa shape index (κ2) is 4.60. The molecule has 0 aromatic carbocycles. The highest BCUT2D eigenvalue weighted by atomic mass is 32.2. The van der Waals surface area contributed by atoms with Crippen molar-refractivity contribution in [2.75, 3.05) is 19.6 Å². The van der Waals surface area contributed by atoms with Gasteiger partial charge in [0, 0.05) is 25.2 Å². The highest BCUT2D eigenvalue weighted by molar-refractivity contribution is 7.90. The summed E-state index contributed by atoms with van der Waals surface area (Å²) in [6.07, 6.45) is 3.24. The molecule has 3 N–H and O–H groups in total. The first kappa shape index (κ1) is 12.3. The van der Waals surface area contributed by atoms with Gasteiger partial charge in [-0.2, -0.15) is 0 Å². The highest BCUT2D eigenvalue weighted by Crippen LogP contribution is 2.28. The number of nitrogens with two attached hydrogens (primary N) is 1. The zero-order chi connectivity index (χ0) is 11.8. The van der Waals surface area contributed by atoms with Gasteiger partial charge in [-0.1, -0.05) is 0 Å². The third kappa shape index (κ3) is 2.25. The van der Waals surface area contributed by atoms with Gasteiger partial charge in [-0.3, -0.25) is 4.90 Å². The molecule has 94 valence electrons. The molecule has 0 radical (unpaired) electrons. The van der Waals surface area contributed by atoms with Crippen molar-refractivity contribution in [3.05, 3.63) is 0 Å². The minimum absolute atomic E-state index is 0.0986. The average molecular weight is 247 g/mol. The van der Waals surface area contributed by atoms with Crippen molar-refractivity contribution in [2.24, 2.45) is 5.73 Å². The zero-order valence-corrected chi connectivity index (χ0v) is 10.5. The van der Waals surface area contributed by atoms with Crippen LogP contribution in [0.5, 0.6) is 0 Å². The summed E-state index contributed by atoms with van der Waals surface area (Å²) in [5, 5.41) is -0.497. The number of rotatable bonds is 4. The lowest BCUT2D eigenvalue weighted by Gasteiger charge is -2.22. The van der Waals surface area contributed by atoms with Gasteiger partial charge >= 0.3 is 0 Å². The van der Waals surface area contributed by atoms with Crippen molar-refractivity contribution in [3.63, 3.8) is 0 Å². The maximum Gasteiger partial charge on any atom is 0.215 e. The summed E-state index contributed by atoms with van der Waals surface area (Å²) in [6, 6.07) is 0.515. The molecule has 5 nitrogen and oxygen atoms in total. The van der Waals surface area contributed by atoms with E-state index in [-0.39, 0.29) is 12.6 Å². The van der Waals surface area contributed by atoms with E-state index in [1.807, 2.05) is 0 Å². The fraction of sp³-hybridized carbons (Fsp3) is 1.00. The van der Waals surface area contributed by atoms with Gasteiger partial charge in [0.2, 0.25) is 10.0 Å². The number of fused-ring (bicyclic) bond motifs is 1. The smallest absolute Gasteiger partial charge is 0.215 e. The molecule has 0 spiro atoms. The summed E-state index contributed by atoms with van der Waals surface area (Å²) in [5.41, 5.74) is 5.41. The van der Waals surface area contributed by atoms with Gasteiger partial charge in [-0.05, 0) is 32.7 Å². The second-order valence-electron chi connectivity index (χ2n) is 4.85. The fourth-order valence-electron chi connectivity index (χ4n) is 2.67. The van der Waals surface area contributed by atoms with Gasteiger partial charge in [-0.15, -0.1) is 0 Å². The largest absolute Gasteiger partial charge is 0.329 e. The van der Waals surface area contributed by atoms with Crippen molar-refractivity contribution >= 4 is 10.0 Å². The third-order valence-electron chi connectivity index (χ3n) is 3.78. The van der Waals surface area contributed by atoms with Crippen LogP contribution in [-0.2, 0) is 10.0 Å². The molecule has 3 atom stereocenters. The summed E-state index contributed by atoms with van der Waals surface area (Å²) in [6.45, 7) is 3.98. The van der Waals surface area contributed by atoms with Gasteiger partial charge in [-0.25, -0.2) is 13.1 Å². The molecule has 16 heavy (non-hydrogen) atoms. The van der Waals surface area contributed by atoms with E-state index in [1.165, 1.54) is 6.42 Å². The lowest BCUT2D eigenvalue weighted by Crippen LogP contribution is -2.46. The molecule has 0 saturated carbocycles. The van der Waals surface area contributed by atoms with Crippen molar-refractivity contribution in [1.82, 2.24) is 9.62 Å². The Morgan fingerprint density at radius 2 is 2.19 bits per heavy atom. The fourth-order valence-corrected chi connectivity index (χ4v) is 3.86. The van der Waals surface area contributed by atoms with E-state index in [4.69, 9.17) is 5.73 Å². The topological polar surface area (TPSA) is 75.4 Å². The molecule has 2 heterocycles. The van der Waals surface area contributed by atoms with Crippen LogP contribution in [0.2, 0.25) is 0 Å². The summed E-state index contributed by atoms with van der Waals surface area (Å²) in [4.78, 5) is 2.39. The Balaban J connectivity index is 2.00. The number of nitrogens with zero attached hydrogens (tertiary/aromatic N) is 1. The van der Waals surface area contributed by atoms with Crippen LogP contribution in [-0.4, -0.2) is 50.3 Å². The first-order valence-corrected chi connectivity index (χ1v) is 7.54. The van der Waals surface area contributed by atoms with Crippen LogP contribution in [0.25, 0.3) is 0 Å². The van der Waals surface area contributed by atoms with E-state index in [2.05, 4.69) is 9.62 Å². The van der Waals surface area contributed by atoms with Crippen LogP contribution >= 0.6 is 0 Å². The second-order valence-corrected chi connectivity index (χ2v) is 6.98. The molecule has 0 aromatic rings. The quantitative estimate of drug-likeness (QED) is 0.701. The number of hydrogen-bond donors (Lipinski definition) is 2. The molecular formula is C10H21N3O2S. The molecule has 2 fully saturated rings. The highest BCUT2D eigenvalue weighted by Gasteiger charge is 2.39. The van der Waals surface area contributed by atoms with Gasteiger partial charge < -0.3 is 5.73 Å². The normalized spacial score (nSPS) is 32.9. The van der Waals surface area contributed by atoms with Crippen LogP contribution in [0.3, 0.4) is 0 Å². The Kier molecular flexibility index (Phi) is 3.53. The lowest BCUT2D eigenvalue weighted by atomic mass is 10.1.